The van der Waals surface area contributed by atoms with Crippen LogP contribution in [0.3, 0.4) is 0 Å². The molecule has 1 aliphatic heterocycles. The van der Waals surface area contributed by atoms with Crippen molar-refractivity contribution < 1.29 is 4.79 Å². The summed E-state index contributed by atoms with van der Waals surface area (Å²) in [5.74, 6) is 0.170. The highest BCUT2D eigenvalue weighted by Gasteiger charge is 2.26. The van der Waals surface area contributed by atoms with Gasteiger partial charge in [-0.3, -0.25) is 4.79 Å². The maximum absolute atomic E-state index is 13.0. The molecule has 25 heavy (non-hydrogen) atoms. The van der Waals surface area contributed by atoms with E-state index in [-0.39, 0.29) is 5.91 Å². The first-order valence-electron chi connectivity index (χ1n) is 8.92. The normalized spacial score (nSPS) is 18.0. The van der Waals surface area contributed by atoms with Gasteiger partial charge in [-0.15, -0.1) is 11.3 Å². The molecule has 130 valence electrons. The number of carbonyl (C=O) groups is 1. The molecule has 3 heterocycles. The molecule has 1 atom stereocenters. The van der Waals surface area contributed by atoms with Crippen LogP contribution in [0.25, 0.3) is 15.9 Å². The summed E-state index contributed by atoms with van der Waals surface area (Å²) in [5, 5.41) is 5.77. The summed E-state index contributed by atoms with van der Waals surface area (Å²) in [4.78, 5) is 16.9. The molecule has 0 spiro atoms. The molecule has 3 aromatic rings. The standard InChI is InChI=1S/C20H23N3OS/c1-13-7-6-9-16(11-13)23-20-17(15(3)21-23)12-18(25-20)19(24)22-10-5-4-8-14(22)2/h6-7,9,11-12,14H,4-5,8,10H2,1-3H3/t14-/m0/s1. The average molecular weight is 353 g/mol. The van der Waals surface area contributed by atoms with Crippen LogP contribution in [0.2, 0.25) is 0 Å². The van der Waals surface area contributed by atoms with Gasteiger partial charge in [0, 0.05) is 18.0 Å². The molecule has 0 N–H and O–H groups in total. The summed E-state index contributed by atoms with van der Waals surface area (Å²) >= 11 is 1.56. The van der Waals surface area contributed by atoms with Crippen LogP contribution in [0.4, 0.5) is 0 Å². The molecule has 1 aliphatic rings. The molecule has 5 heteroatoms. The van der Waals surface area contributed by atoms with Crippen molar-refractivity contribution in [3.05, 3.63) is 46.5 Å². The molecule has 1 fully saturated rings. The fraction of sp³-hybridized carbons (Fsp3) is 0.400. The van der Waals surface area contributed by atoms with E-state index in [1.165, 1.54) is 12.0 Å². The van der Waals surface area contributed by atoms with Gasteiger partial charge < -0.3 is 4.90 Å². The Hall–Kier alpha value is -2.14. The van der Waals surface area contributed by atoms with Gasteiger partial charge in [-0.25, -0.2) is 4.68 Å². The summed E-state index contributed by atoms with van der Waals surface area (Å²) in [7, 11) is 0. The lowest BCUT2D eigenvalue weighted by Gasteiger charge is -2.33. The number of benzene rings is 1. The molecule has 2 aromatic heterocycles. The minimum absolute atomic E-state index is 0.170. The summed E-state index contributed by atoms with van der Waals surface area (Å²) in [5.41, 5.74) is 3.22. The number of hydrogen-bond acceptors (Lipinski definition) is 3. The largest absolute Gasteiger partial charge is 0.335 e. The molecule has 4 rings (SSSR count). The van der Waals surface area contributed by atoms with Gasteiger partial charge in [0.25, 0.3) is 5.91 Å². The van der Waals surface area contributed by atoms with E-state index < -0.39 is 0 Å². The summed E-state index contributed by atoms with van der Waals surface area (Å²) in [6.07, 6.45) is 3.43. The molecule has 4 nitrogen and oxygen atoms in total. The molecule has 0 bridgehead atoms. The van der Waals surface area contributed by atoms with Crippen molar-refractivity contribution in [2.45, 2.75) is 46.1 Å². The van der Waals surface area contributed by atoms with Crippen LogP contribution in [0.5, 0.6) is 0 Å². The van der Waals surface area contributed by atoms with Gasteiger partial charge in [-0.05, 0) is 63.8 Å². The number of fused-ring (bicyclic) bond motifs is 1. The minimum Gasteiger partial charge on any atom is -0.335 e. The number of piperidine rings is 1. The molecule has 1 aromatic carbocycles. The summed E-state index contributed by atoms with van der Waals surface area (Å²) < 4.78 is 1.97. The number of rotatable bonds is 2. The van der Waals surface area contributed by atoms with Gasteiger partial charge in [0.2, 0.25) is 0 Å². The second-order valence-corrected chi connectivity index (χ2v) is 8.04. The number of thiophene rings is 1. The number of aryl methyl sites for hydroxylation is 2. The van der Waals surface area contributed by atoms with Gasteiger partial charge in [0.15, 0.2) is 0 Å². The van der Waals surface area contributed by atoms with Crippen LogP contribution in [0, 0.1) is 13.8 Å². The van der Waals surface area contributed by atoms with Crippen LogP contribution in [-0.4, -0.2) is 33.2 Å². The van der Waals surface area contributed by atoms with Crippen LogP contribution in [-0.2, 0) is 0 Å². The fourth-order valence-corrected chi connectivity index (χ4v) is 4.77. The molecular weight excluding hydrogens is 330 g/mol. The van der Waals surface area contributed by atoms with E-state index in [9.17, 15) is 4.79 Å². The van der Waals surface area contributed by atoms with Crippen molar-refractivity contribution in [1.29, 1.82) is 0 Å². The van der Waals surface area contributed by atoms with Crippen molar-refractivity contribution in [2.24, 2.45) is 0 Å². The number of hydrogen-bond donors (Lipinski definition) is 0. The third kappa shape index (κ3) is 2.86. The third-order valence-electron chi connectivity index (χ3n) is 5.07. The van der Waals surface area contributed by atoms with Gasteiger partial charge in [0.05, 0.1) is 16.3 Å². The Balaban J connectivity index is 1.75. The second-order valence-electron chi connectivity index (χ2n) is 7.01. The van der Waals surface area contributed by atoms with E-state index >= 15 is 0 Å². The molecule has 1 amide bonds. The SMILES string of the molecule is Cc1cccc(-n2nc(C)c3cc(C(=O)N4CCCC[C@@H]4C)sc32)c1. The number of nitrogens with zero attached hydrogens (tertiary/aromatic N) is 3. The Bertz CT molecular complexity index is 940. The van der Waals surface area contributed by atoms with E-state index in [0.29, 0.717) is 6.04 Å². The number of aromatic nitrogens is 2. The third-order valence-corrected chi connectivity index (χ3v) is 6.16. The molecule has 1 saturated heterocycles. The van der Waals surface area contributed by atoms with E-state index in [4.69, 9.17) is 5.10 Å². The van der Waals surface area contributed by atoms with Gasteiger partial charge in [-0.2, -0.15) is 5.10 Å². The van der Waals surface area contributed by atoms with Crippen molar-refractivity contribution >= 4 is 27.5 Å². The van der Waals surface area contributed by atoms with E-state index in [1.54, 1.807) is 11.3 Å². The highest BCUT2D eigenvalue weighted by Crippen LogP contribution is 2.32. The van der Waals surface area contributed by atoms with Crippen LogP contribution in [0.1, 0.15) is 47.1 Å². The van der Waals surface area contributed by atoms with E-state index in [1.807, 2.05) is 28.6 Å². The van der Waals surface area contributed by atoms with Crippen LogP contribution >= 0.6 is 11.3 Å². The lowest BCUT2D eigenvalue weighted by molar-refractivity contribution is 0.0641. The topological polar surface area (TPSA) is 38.1 Å². The van der Waals surface area contributed by atoms with Gasteiger partial charge in [0.1, 0.15) is 4.83 Å². The van der Waals surface area contributed by atoms with E-state index in [2.05, 4.69) is 32.0 Å². The quantitative estimate of drug-likeness (QED) is 0.669. The first kappa shape index (κ1) is 16.3. The summed E-state index contributed by atoms with van der Waals surface area (Å²) in [6, 6.07) is 10.7. The Morgan fingerprint density at radius 2 is 2.08 bits per heavy atom. The maximum Gasteiger partial charge on any atom is 0.264 e. The Morgan fingerprint density at radius 1 is 1.24 bits per heavy atom. The highest BCUT2D eigenvalue weighted by molar-refractivity contribution is 7.20. The molecule has 0 saturated carbocycles. The van der Waals surface area contributed by atoms with Crippen molar-refractivity contribution in [3.8, 4) is 5.69 Å². The predicted octanol–water partition coefficient (Wildman–Crippen LogP) is 4.72. The zero-order valence-corrected chi connectivity index (χ0v) is 15.8. The Kier molecular flexibility index (Phi) is 4.12. The number of likely N-dealkylation sites (tertiary alicyclic amines) is 1. The fourth-order valence-electron chi connectivity index (χ4n) is 3.63. The smallest absolute Gasteiger partial charge is 0.264 e. The lowest BCUT2D eigenvalue weighted by Crippen LogP contribution is -2.41. The molecular formula is C20H23N3OS. The first-order valence-corrected chi connectivity index (χ1v) is 9.73. The average Bonchev–Trinajstić information content (AvgIpc) is 3.16. The van der Waals surface area contributed by atoms with Crippen molar-refractivity contribution in [2.75, 3.05) is 6.54 Å². The maximum atomic E-state index is 13.0. The monoisotopic (exact) mass is 353 g/mol. The van der Waals surface area contributed by atoms with Crippen LogP contribution < -0.4 is 0 Å². The minimum atomic E-state index is 0.170. The van der Waals surface area contributed by atoms with Crippen molar-refractivity contribution in [1.82, 2.24) is 14.7 Å². The Labute approximate surface area is 152 Å². The zero-order valence-electron chi connectivity index (χ0n) is 15.0. The lowest BCUT2D eigenvalue weighted by atomic mass is 10.0. The first-order chi connectivity index (χ1) is 12.0. The molecule has 0 unspecified atom stereocenters. The molecule has 0 radical (unpaired) electrons. The number of carbonyl (C=O) groups excluding carboxylic acids is 1. The predicted molar refractivity (Wildman–Crippen MR) is 103 cm³/mol. The van der Waals surface area contributed by atoms with Gasteiger partial charge >= 0.3 is 0 Å². The summed E-state index contributed by atoms with van der Waals surface area (Å²) in [6.45, 7) is 7.12. The molecule has 0 aliphatic carbocycles. The number of amides is 1. The Morgan fingerprint density at radius 3 is 2.84 bits per heavy atom. The van der Waals surface area contributed by atoms with Gasteiger partial charge in [-0.1, -0.05) is 12.1 Å². The highest BCUT2D eigenvalue weighted by atomic mass is 32.1. The van der Waals surface area contributed by atoms with Crippen LogP contribution in [0.15, 0.2) is 30.3 Å². The van der Waals surface area contributed by atoms with Crippen molar-refractivity contribution in [3.63, 3.8) is 0 Å². The zero-order chi connectivity index (χ0) is 17.6. The second kappa shape index (κ2) is 6.30. The van der Waals surface area contributed by atoms with E-state index in [0.717, 1.165) is 45.9 Å².